The van der Waals surface area contributed by atoms with E-state index in [2.05, 4.69) is 0 Å². The lowest BCUT2D eigenvalue weighted by Crippen LogP contribution is -2.15. The summed E-state index contributed by atoms with van der Waals surface area (Å²) in [6.45, 7) is 1.89. The smallest absolute Gasteiger partial charge is 0.163 e. The van der Waals surface area contributed by atoms with Crippen molar-refractivity contribution in [3.8, 4) is 11.5 Å². The first-order valence-electron chi connectivity index (χ1n) is 6.41. The van der Waals surface area contributed by atoms with E-state index >= 15 is 0 Å². The molecule has 21 heavy (non-hydrogen) atoms. The highest BCUT2D eigenvalue weighted by Crippen LogP contribution is 2.34. The molecule has 0 aliphatic carbocycles. The number of benzene rings is 2. The topological polar surface area (TPSA) is 44.5 Å². The summed E-state index contributed by atoms with van der Waals surface area (Å²) in [5, 5.41) is 0.622. The minimum atomic E-state index is -0.609. The summed E-state index contributed by atoms with van der Waals surface area (Å²) in [4.78, 5) is 0. The van der Waals surface area contributed by atoms with Crippen molar-refractivity contribution in [3.05, 3.63) is 57.9 Å². The van der Waals surface area contributed by atoms with Crippen LogP contribution in [0.25, 0.3) is 0 Å². The molecule has 1 unspecified atom stereocenters. The van der Waals surface area contributed by atoms with E-state index in [1.54, 1.807) is 24.3 Å². The molecule has 0 aliphatic heterocycles. The van der Waals surface area contributed by atoms with Crippen molar-refractivity contribution in [1.29, 1.82) is 0 Å². The molecule has 2 aromatic rings. The molecule has 0 saturated heterocycles. The van der Waals surface area contributed by atoms with Crippen molar-refractivity contribution in [2.24, 2.45) is 5.73 Å². The van der Waals surface area contributed by atoms with E-state index in [4.69, 9.17) is 26.8 Å². The normalized spacial score (nSPS) is 12.1. The summed E-state index contributed by atoms with van der Waals surface area (Å²) in [5.41, 5.74) is 8.27. The van der Waals surface area contributed by atoms with Crippen LogP contribution in [0.2, 0.25) is 5.02 Å². The van der Waals surface area contributed by atoms with E-state index in [0.717, 1.165) is 11.1 Å². The molecular weight excluding hydrogens is 293 g/mol. The zero-order valence-electron chi connectivity index (χ0n) is 12.1. The molecule has 0 aromatic heterocycles. The second-order valence-electron chi connectivity index (χ2n) is 4.71. The van der Waals surface area contributed by atoms with E-state index in [-0.39, 0.29) is 0 Å². The van der Waals surface area contributed by atoms with Crippen molar-refractivity contribution in [2.45, 2.75) is 13.0 Å². The summed E-state index contributed by atoms with van der Waals surface area (Å²) < 4.78 is 24.5. The third-order valence-electron chi connectivity index (χ3n) is 3.40. The quantitative estimate of drug-likeness (QED) is 0.933. The lowest BCUT2D eigenvalue weighted by atomic mass is 9.95. The number of ether oxygens (including phenoxy) is 2. The van der Waals surface area contributed by atoms with Crippen LogP contribution in [0.4, 0.5) is 4.39 Å². The molecule has 0 saturated carbocycles. The Morgan fingerprint density at radius 1 is 1.05 bits per heavy atom. The minimum Gasteiger partial charge on any atom is -0.493 e. The van der Waals surface area contributed by atoms with Crippen molar-refractivity contribution in [1.82, 2.24) is 0 Å². The number of aryl methyl sites for hydroxylation is 1. The van der Waals surface area contributed by atoms with Crippen LogP contribution in [0.5, 0.6) is 11.5 Å². The van der Waals surface area contributed by atoms with Crippen molar-refractivity contribution in [3.63, 3.8) is 0 Å². The summed E-state index contributed by atoms with van der Waals surface area (Å²) in [6.07, 6.45) is 0. The summed E-state index contributed by atoms with van der Waals surface area (Å²) in [5.74, 6) is 0.337. The molecule has 0 amide bonds. The first kappa shape index (κ1) is 15.6. The molecule has 0 aliphatic rings. The van der Waals surface area contributed by atoms with Gasteiger partial charge in [-0.05, 0) is 36.2 Å². The zero-order chi connectivity index (χ0) is 15.6. The van der Waals surface area contributed by atoms with Crippen molar-refractivity contribution >= 4 is 11.6 Å². The van der Waals surface area contributed by atoms with Gasteiger partial charge in [-0.2, -0.15) is 0 Å². The average molecular weight is 310 g/mol. The molecule has 0 radical (unpaired) electrons. The maximum absolute atomic E-state index is 14.3. The van der Waals surface area contributed by atoms with Gasteiger partial charge in [0, 0.05) is 16.7 Å². The number of hydrogen-bond donors (Lipinski definition) is 1. The second-order valence-corrected chi connectivity index (χ2v) is 5.14. The van der Waals surface area contributed by atoms with Crippen LogP contribution in [0.15, 0.2) is 30.3 Å². The summed E-state index contributed by atoms with van der Waals surface area (Å²) in [6, 6.07) is 7.57. The van der Waals surface area contributed by atoms with Gasteiger partial charge in [-0.1, -0.05) is 17.7 Å². The third kappa shape index (κ3) is 3.12. The minimum absolute atomic E-state index is 0.332. The zero-order valence-corrected chi connectivity index (χ0v) is 12.9. The Kier molecular flexibility index (Phi) is 4.70. The van der Waals surface area contributed by atoms with Crippen LogP contribution in [0.3, 0.4) is 0 Å². The fraction of sp³-hybridized carbons (Fsp3) is 0.250. The maximum Gasteiger partial charge on any atom is 0.163 e. The molecular formula is C16H17ClFNO2. The van der Waals surface area contributed by atoms with E-state index < -0.39 is 11.9 Å². The number of halogens is 2. The number of nitrogens with two attached hydrogens (primary N) is 1. The molecule has 0 heterocycles. The molecule has 0 spiro atoms. The third-order valence-corrected chi connectivity index (χ3v) is 3.64. The van der Waals surface area contributed by atoms with Crippen LogP contribution in [-0.4, -0.2) is 14.2 Å². The van der Waals surface area contributed by atoms with Gasteiger partial charge in [0.15, 0.2) is 11.5 Å². The first-order valence-corrected chi connectivity index (χ1v) is 6.78. The molecule has 2 rings (SSSR count). The van der Waals surface area contributed by atoms with Gasteiger partial charge in [0.1, 0.15) is 5.82 Å². The van der Waals surface area contributed by atoms with Crippen LogP contribution >= 0.6 is 11.6 Å². The number of methoxy groups -OCH3 is 2. The van der Waals surface area contributed by atoms with Crippen LogP contribution in [-0.2, 0) is 0 Å². The predicted molar refractivity (Wildman–Crippen MR) is 81.7 cm³/mol. The Hall–Kier alpha value is -1.78. The lowest BCUT2D eigenvalue weighted by molar-refractivity contribution is 0.351. The predicted octanol–water partition coefficient (Wildman–Crippen LogP) is 3.85. The molecule has 0 bridgehead atoms. The molecule has 0 fully saturated rings. The molecule has 2 N–H and O–H groups in total. The Bertz CT molecular complexity index is 661. The Labute approximate surface area is 128 Å². The van der Waals surface area contributed by atoms with Gasteiger partial charge in [-0.15, -0.1) is 0 Å². The van der Waals surface area contributed by atoms with Crippen molar-refractivity contribution < 1.29 is 13.9 Å². The van der Waals surface area contributed by atoms with Gasteiger partial charge in [-0.3, -0.25) is 0 Å². The lowest BCUT2D eigenvalue weighted by Gasteiger charge is -2.18. The van der Waals surface area contributed by atoms with Crippen LogP contribution in [0, 0.1) is 12.7 Å². The van der Waals surface area contributed by atoms with E-state index in [1.165, 1.54) is 20.3 Å². The molecule has 5 heteroatoms. The number of rotatable bonds is 4. The van der Waals surface area contributed by atoms with E-state index in [9.17, 15) is 4.39 Å². The second kappa shape index (κ2) is 6.33. The van der Waals surface area contributed by atoms with Gasteiger partial charge in [0.05, 0.1) is 20.3 Å². The van der Waals surface area contributed by atoms with Gasteiger partial charge in [0.2, 0.25) is 0 Å². The standard InChI is InChI=1S/C16H17ClFNO2/c1-9-6-10(17)4-5-11(9)16(19)12-7-14(20-2)15(21-3)8-13(12)18/h4-8,16H,19H2,1-3H3. The van der Waals surface area contributed by atoms with Crippen molar-refractivity contribution in [2.75, 3.05) is 14.2 Å². The monoisotopic (exact) mass is 309 g/mol. The molecule has 112 valence electrons. The Morgan fingerprint density at radius 3 is 2.24 bits per heavy atom. The number of hydrogen-bond acceptors (Lipinski definition) is 3. The van der Waals surface area contributed by atoms with Crippen LogP contribution < -0.4 is 15.2 Å². The highest BCUT2D eigenvalue weighted by molar-refractivity contribution is 6.30. The van der Waals surface area contributed by atoms with E-state index in [0.29, 0.717) is 22.1 Å². The van der Waals surface area contributed by atoms with Gasteiger partial charge >= 0.3 is 0 Å². The average Bonchev–Trinajstić information content (AvgIpc) is 2.46. The summed E-state index contributed by atoms with van der Waals surface area (Å²) in [7, 11) is 2.96. The van der Waals surface area contributed by atoms with Gasteiger partial charge < -0.3 is 15.2 Å². The molecule has 3 nitrogen and oxygen atoms in total. The Morgan fingerprint density at radius 2 is 1.67 bits per heavy atom. The summed E-state index contributed by atoms with van der Waals surface area (Å²) >= 11 is 5.93. The largest absolute Gasteiger partial charge is 0.493 e. The Balaban J connectivity index is 2.50. The SMILES string of the molecule is COc1cc(F)c(C(N)c2ccc(Cl)cc2C)cc1OC. The highest BCUT2D eigenvalue weighted by Gasteiger charge is 2.19. The van der Waals surface area contributed by atoms with Gasteiger partial charge in [-0.25, -0.2) is 4.39 Å². The molecule has 1 atom stereocenters. The van der Waals surface area contributed by atoms with E-state index in [1.807, 2.05) is 6.92 Å². The fourth-order valence-corrected chi connectivity index (χ4v) is 2.49. The first-order chi connectivity index (χ1) is 9.97. The van der Waals surface area contributed by atoms with Gasteiger partial charge in [0.25, 0.3) is 0 Å². The highest BCUT2D eigenvalue weighted by atomic mass is 35.5. The molecule has 2 aromatic carbocycles. The van der Waals surface area contributed by atoms with Crippen LogP contribution in [0.1, 0.15) is 22.7 Å². The maximum atomic E-state index is 14.3. The fourth-order valence-electron chi connectivity index (χ4n) is 2.26.